The zero-order valence-corrected chi connectivity index (χ0v) is 11.8. The van der Waals surface area contributed by atoms with Crippen LogP contribution in [-0.4, -0.2) is 6.54 Å². The second kappa shape index (κ2) is 6.12. The summed E-state index contributed by atoms with van der Waals surface area (Å²) < 4.78 is 27.3. The Labute approximate surface area is 113 Å². The van der Waals surface area contributed by atoms with E-state index in [1.165, 1.54) is 0 Å². The fourth-order valence-corrected chi connectivity index (χ4v) is 1.55. The van der Waals surface area contributed by atoms with E-state index in [2.05, 4.69) is 33.0 Å². The van der Waals surface area contributed by atoms with Gasteiger partial charge in [0.1, 0.15) is 11.6 Å². The molecule has 0 aromatic heterocycles. The minimum Gasteiger partial charge on any atom is -0.312 e. The van der Waals surface area contributed by atoms with E-state index in [-0.39, 0.29) is 23.1 Å². The predicted molar refractivity (Wildman–Crippen MR) is 71.4 cm³/mol. The lowest BCUT2D eigenvalue weighted by atomic mass is 9.81. The van der Waals surface area contributed by atoms with Crippen LogP contribution in [0.3, 0.4) is 0 Å². The van der Waals surface area contributed by atoms with Crippen molar-refractivity contribution in [2.24, 2.45) is 11.3 Å². The molecule has 0 radical (unpaired) electrons. The second-order valence-electron chi connectivity index (χ2n) is 5.78. The summed E-state index contributed by atoms with van der Waals surface area (Å²) in [7, 11) is 0. The number of hydrogen-bond acceptors (Lipinski definition) is 2. The van der Waals surface area contributed by atoms with Gasteiger partial charge in [-0.05, 0) is 23.5 Å². The SMILES string of the molecule is CC(C)C(C)(C)CNCc1c(F)cc(C#N)cc1F. The fourth-order valence-electron chi connectivity index (χ4n) is 1.55. The van der Waals surface area contributed by atoms with Gasteiger partial charge in [-0.2, -0.15) is 5.26 Å². The quantitative estimate of drug-likeness (QED) is 0.883. The Hall–Kier alpha value is -1.47. The number of nitrogens with one attached hydrogen (secondary N) is 1. The topological polar surface area (TPSA) is 35.8 Å². The molecule has 2 nitrogen and oxygen atoms in total. The van der Waals surface area contributed by atoms with Crippen LogP contribution < -0.4 is 5.32 Å². The molecule has 0 fully saturated rings. The maximum absolute atomic E-state index is 13.6. The Kier molecular flexibility index (Phi) is 5.02. The van der Waals surface area contributed by atoms with Gasteiger partial charge in [0.25, 0.3) is 0 Å². The van der Waals surface area contributed by atoms with Crippen molar-refractivity contribution in [3.63, 3.8) is 0 Å². The van der Waals surface area contributed by atoms with E-state index in [0.29, 0.717) is 12.5 Å². The highest BCUT2D eigenvalue weighted by atomic mass is 19.1. The number of nitriles is 1. The Morgan fingerprint density at radius 3 is 2.21 bits per heavy atom. The fraction of sp³-hybridized carbons (Fsp3) is 0.533. The van der Waals surface area contributed by atoms with Crippen molar-refractivity contribution in [1.29, 1.82) is 5.26 Å². The first kappa shape index (κ1) is 15.6. The van der Waals surface area contributed by atoms with Crippen molar-refractivity contribution < 1.29 is 8.78 Å². The van der Waals surface area contributed by atoms with Crippen LogP contribution in [0.15, 0.2) is 12.1 Å². The summed E-state index contributed by atoms with van der Waals surface area (Å²) in [6.45, 7) is 9.24. The maximum atomic E-state index is 13.6. The Balaban J connectivity index is 2.72. The summed E-state index contributed by atoms with van der Waals surface area (Å²) in [4.78, 5) is 0. The minimum atomic E-state index is -0.675. The first-order valence-corrected chi connectivity index (χ1v) is 6.36. The molecular formula is C15H20F2N2. The van der Waals surface area contributed by atoms with Crippen LogP contribution in [0.1, 0.15) is 38.8 Å². The molecule has 0 spiro atoms. The summed E-state index contributed by atoms with van der Waals surface area (Å²) in [5, 5.41) is 11.7. The van der Waals surface area contributed by atoms with E-state index in [1.807, 2.05) is 0 Å². The van der Waals surface area contributed by atoms with Crippen LogP contribution in [0.25, 0.3) is 0 Å². The van der Waals surface area contributed by atoms with E-state index in [1.54, 1.807) is 6.07 Å². The van der Waals surface area contributed by atoms with Gasteiger partial charge in [-0.1, -0.05) is 27.7 Å². The summed E-state index contributed by atoms with van der Waals surface area (Å²) >= 11 is 0. The third-order valence-corrected chi connectivity index (χ3v) is 3.72. The monoisotopic (exact) mass is 266 g/mol. The van der Waals surface area contributed by atoms with Crippen LogP contribution in [0.4, 0.5) is 8.78 Å². The number of rotatable bonds is 5. The lowest BCUT2D eigenvalue weighted by Gasteiger charge is -2.29. The first-order chi connectivity index (χ1) is 8.77. The molecule has 0 aliphatic rings. The number of benzene rings is 1. The van der Waals surface area contributed by atoms with Crippen LogP contribution in [0.2, 0.25) is 0 Å². The molecular weight excluding hydrogens is 246 g/mol. The molecule has 1 rings (SSSR count). The van der Waals surface area contributed by atoms with E-state index in [9.17, 15) is 8.78 Å². The van der Waals surface area contributed by atoms with Gasteiger partial charge in [-0.3, -0.25) is 0 Å². The van der Waals surface area contributed by atoms with E-state index in [4.69, 9.17) is 5.26 Å². The molecule has 0 aliphatic carbocycles. The molecule has 0 saturated carbocycles. The van der Waals surface area contributed by atoms with Gasteiger partial charge >= 0.3 is 0 Å². The third-order valence-electron chi connectivity index (χ3n) is 3.72. The highest BCUT2D eigenvalue weighted by molar-refractivity contribution is 5.34. The normalized spacial score (nSPS) is 11.7. The average Bonchev–Trinajstić information content (AvgIpc) is 2.32. The van der Waals surface area contributed by atoms with Gasteiger partial charge in [0, 0.05) is 18.7 Å². The highest BCUT2D eigenvalue weighted by Crippen LogP contribution is 2.25. The van der Waals surface area contributed by atoms with Crippen LogP contribution in [0.5, 0.6) is 0 Å². The number of nitrogens with zero attached hydrogens (tertiary/aromatic N) is 1. The molecule has 4 heteroatoms. The molecule has 19 heavy (non-hydrogen) atoms. The summed E-state index contributed by atoms with van der Waals surface area (Å²) in [5.41, 5.74) is 0.0410. The van der Waals surface area contributed by atoms with Crippen molar-refractivity contribution in [3.8, 4) is 6.07 Å². The van der Waals surface area contributed by atoms with E-state index >= 15 is 0 Å². The number of halogens is 2. The largest absolute Gasteiger partial charge is 0.312 e. The Morgan fingerprint density at radius 1 is 1.26 bits per heavy atom. The smallest absolute Gasteiger partial charge is 0.131 e. The molecule has 0 atom stereocenters. The second-order valence-corrected chi connectivity index (χ2v) is 5.78. The van der Waals surface area contributed by atoms with Gasteiger partial charge in [0.2, 0.25) is 0 Å². The Morgan fingerprint density at radius 2 is 1.79 bits per heavy atom. The van der Waals surface area contributed by atoms with Gasteiger partial charge in [0.05, 0.1) is 11.6 Å². The summed E-state index contributed by atoms with van der Waals surface area (Å²) in [6, 6.07) is 3.86. The zero-order chi connectivity index (χ0) is 14.6. The van der Waals surface area contributed by atoms with Crippen molar-refractivity contribution in [3.05, 3.63) is 34.9 Å². The standard InChI is InChI=1S/C15H20F2N2/c1-10(2)15(3,4)9-19-8-12-13(16)5-11(7-18)6-14(12)17/h5-6,10,19H,8-9H2,1-4H3. The van der Waals surface area contributed by atoms with Gasteiger partial charge in [-0.15, -0.1) is 0 Å². The molecule has 0 amide bonds. The molecule has 0 aliphatic heterocycles. The summed E-state index contributed by atoms with van der Waals surface area (Å²) in [5.74, 6) is -0.881. The van der Waals surface area contributed by atoms with Crippen molar-refractivity contribution in [2.75, 3.05) is 6.54 Å². The lowest BCUT2D eigenvalue weighted by Crippen LogP contribution is -2.33. The zero-order valence-electron chi connectivity index (χ0n) is 11.8. The van der Waals surface area contributed by atoms with Crippen molar-refractivity contribution in [2.45, 2.75) is 34.2 Å². The van der Waals surface area contributed by atoms with Crippen LogP contribution in [-0.2, 0) is 6.54 Å². The van der Waals surface area contributed by atoms with Gasteiger partial charge in [0.15, 0.2) is 0 Å². The van der Waals surface area contributed by atoms with Crippen molar-refractivity contribution in [1.82, 2.24) is 5.32 Å². The van der Waals surface area contributed by atoms with Crippen molar-refractivity contribution >= 4 is 0 Å². The molecule has 0 heterocycles. The third kappa shape index (κ3) is 4.00. The Bertz CT molecular complexity index is 464. The first-order valence-electron chi connectivity index (χ1n) is 6.36. The van der Waals surface area contributed by atoms with Crippen LogP contribution in [0, 0.1) is 34.3 Å². The molecule has 104 valence electrons. The molecule has 0 unspecified atom stereocenters. The maximum Gasteiger partial charge on any atom is 0.131 e. The van der Waals surface area contributed by atoms with Gasteiger partial charge in [-0.25, -0.2) is 8.78 Å². The lowest BCUT2D eigenvalue weighted by molar-refractivity contribution is 0.237. The molecule has 1 aromatic carbocycles. The highest BCUT2D eigenvalue weighted by Gasteiger charge is 2.22. The number of hydrogen-bond donors (Lipinski definition) is 1. The van der Waals surface area contributed by atoms with Crippen LogP contribution >= 0.6 is 0 Å². The summed E-state index contributed by atoms with van der Waals surface area (Å²) in [6.07, 6.45) is 0. The van der Waals surface area contributed by atoms with E-state index < -0.39 is 11.6 Å². The average molecular weight is 266 g/mol. The minimum absolute atomic E-state index is 0.00117. The predicted octanol–water partition coefficient (Wildman–Crippen LogP) is 3.61. The van der Waals surface area contributed by atoms with Gasteiger partial charge < -0.3 is 5.32 Å². The molecule has 0 saturated heterocycles. The molecule has 1 N–H and O–H groups in total. The van der Waals surface area contributed by atoms with E-state index in [0.717, 1.165) is 12.1 Å². The molecule has 0 bridgehead atoms. The molecule has 1 aromatic rings.